The smallest absolute Gasteiger partial charge is 0.243 e. The van der Waals surface area contributed by atoms with E-state index in [0.717, 1.165) is 10.9 Å². The van der Waals surface area contributed by atoms with Crippen LogP contribution in [0.1, 0.15) is 12.5 Å². The first-order valence-corrected chi connectivity index (χ1v) is 7.76. The van der Waals surface area contributed by atoms with Crippen molar-refractivity contribution in [1.29, 1.82) is 0 Å². The Morgan fingerprint density at radius 1 is 1.29 bits per heavy atom. The third-order valence-electron chi connectivity index (χ3n) is 3.43. The zero-order valence-corrected chi connectivity index (χ0v) is 13.3. The lowest BCUT2D eigenvalue weighted by atomic mass is 10.1. The van der Waals surface area contributed by atoms with Crippen molar-refractivity contribution in [2.24, 2.45) is 0 Å². The predicted molar refractivity (Wildman–Crippen MR) is 91.9 cm³/mol. The number of benzene rings is 1. The first-order chi connectivity index (χ1) is 11.8. The van der Waals surface area contributed by atoms with E-state index in [1.54, 1.807) is 0 Å². The zero-order valence-electron chi connectivity index (χ0n) is 13.3. The average Bonchev–Trinajstić information content (AvgIpc) is 3.00. The van der Waals surface area contributed by atoms with Crippen LogP contribution in [0.15, 0.2) is 55.0 Å². The Morgan fingerprint density at radius 3 is 2.92 bits per heavy atom. The van der Waals surface area contributed by atoms with Gasteiger partial charge >= 0.3 is 0 Å². The molecule has 0 atom stereocenters. The summed E-state index contributed by atoms with van der Waals surface area (Å²) in [6.07, 6.45) is 7.25. The van der Waals surface area contributed by atoms with Gasteiger partial charge in [-0.15, -0.1) is 0 Å². The molecular formula is C18H18N4O2. The largest absolute Gasteiger partial charge is 0.438 e. The third-order valence-corrected chi connectivity index (χ3v) is 3.43. The summed E-state index contributed by atoms with van der Waals surface area (Å²) in [5.74, 6) is 1.10. The average molecular weight is 322 g/mol. The van der Waals surface area contributed by atoms with Gasteiger partial charge in [0.15, 0.2) is 0 Å². The van der Waals surface area contributed by atoms with Gasteiger partial charge in [0.05, 0.1) is 5.39 Å². The van der Waals surface area contributed by atoms with Crippen molar-refractivity contribution in [2.75, 3.05) is 6.54 Å². The minimum absolute atomic E-state index is 0.102. The second-order valence-electron chi connectivity index (χ2n) is 5.13. The van der Waals surface area contributed by atoms with E-state index in [1.807, 2.05) is 49.5 Å². The molecule has 122 valence electrons. The van der Waals surface area contributed by atoms with Crippen LogP contribution in [0.5, 0.6) is 11.6 Å². The number of hydrogen-bond acceptors (Lipinski definition) is 4. The quantitative estimate of drug-likeness (QED) is 0.684. The van der Waals surface area contributed by atoms with Crippen molar-refractivity contribution in [1.82, 2.24) is 20.3 Å². The van der Waals surface area contributed by atoms with Crippen molar-refractivity contribution in [3.8, 4) is 11.6 Å². The number of para-hydroxylation sites is 1. The number of likely N-dealkylation sites (N-methyl/N-ethyl adjacent to an activating group) is 1. The van der Waals surface area contributed by atoms with E-state index in [1.165, 1.54) is 12.4 Å². The number of fused-ring (bicyclic) bond motifs is 1. The molecule has 1 amide bonds. The lowest BCUT2D eigenvalue weighted by molar-refractivity contribution is -0.116. The number of carbonyl (C=O) groups excluding carboxylic acids is 1. The number of rotatable bonds is 6. The molecule has 0 unspecified atom stereocenters. The summed E-state index contributed by atoms with van der Waals surface area (Å²) in [5, 5.41) is 3.55. The van der Waals surface area contributed by atoms with Gasteiger partial charge in [0.1, 0.15) is 17.7 Å². The van der Waals surface area contributed by atoms with Gasteiger partial charge in [0, 0.05) is 12.7 Å². The predicted octanol–water partition coefficient (Wildman–Crippen LogP) is 2.99. The summed E-state index contributed by atoms with van der Waals surface area (Å²) >= 11 is 0. The summed E-state index contributed by atoms with van der Waals surface area (Å²) in [6, 6.07) is 9.47. The van der Waals surface area contributed by atoms with E-state index >= 15 is 0 Å². The van der Waals surface area contributed by atoms with Gasteiger partial charge in [-0.1, -0.05) is 24.3 Å². The fourth-order valence-electron chi connectivity index (χ4n) is 2.36. The number of aromatic amines is 1. The van der Waals surface area contributed by atoms with Crippen LogP contribution in [0.2, 0.25) is 0 Å². The van der Waals surface area contributed by atoms with Crippen molar-refractivity contribution < 1.29 is 9.53 Å². The molecule has 0 radical (unpaired) electrons. The second kappa shape index (κ2) is 7.41. The van der Waals surface area contributed by atoms with Crippen molar-refractivity contribution in [3.05, 3.63) is 60.6 Å². The lowest BCUT2D eigenvalue weighted by Crippen LogP contribution is -2.19. The number of nitrogens with one attached hydrogen (secondary N) is 2. The molecule has 0 aliphatic heterocycles. The van der Waals surface area contributed by atoms with Gasteiger partial charge in [-0.05, 0) is 37.1 Å². The van der Waals surface area contributed by atoms with E-state index in [-0.39, 0.29) is 5.91 Å². The topological polar surface area (TPSA) is 79.9 Å². The van der Waals surface area contributed by atoms with Crippen LogP contribution in [0.25, 0.3) is 11.0 Å². The number of aromatic nitrogens is 3. The Hall–Kier alpha value is -3.15. The number of allylic oxidation sites excluding steroid dienone is 1. The number of nitrogens with zero attached hydrogens (tertiary/aromatic N) is 2. The molecule has 1 aromatic carbocycles. The fraction of sp³-hybridized carbons (Fsp3) is 0.167. The fourth-order valence-corrected chi connectivity index (χ4v) is 2.36. The number of ether oxygens (including phenoxy) is 1. The second-order valence-corrected chi connectivity index (χ2v) is 5.13. The summed E-state index contributed by atoms with van der Waals surface area (Å²) in [7, 11) is 0. The molecule has 0 fully saturated rings. The van der Waals surface area contributed by atoms with Gasteiger partial charge in [-0.3, -0.25) is 4.79 Å². The SMILES string of the molecule is CCNC(=O)/C=C/Cc1c[nH]c2ncnc(Oc3ccccc3)c12. The first kappa shape index (κ1) is 15.7. The van der Waals surface area contributed by atoms with E-state index in [0.29, 0.717) is 30.2 Å². The van der Waals surface area contributed by atoms with Crippen LogP contribution < -0.4 is 10.1 Å². The van der Waals surface area contributed by atoms with Crippen LogP contribution in [0.3, 0.4) is 0 Å². The Balaban J connectivity index is 1.85. The van der Waals surface area contributed by atoms with Crippen molar-refractivity contribution >= 4 is 16.9 Å². The van der Waals surface area contributed by atoms with E-state index < -0.39 is 0 Å². The highest BCUT2D eigenvalue weighted by Gasteiger charge is 2.12. The lowest BCUT2D eigenvalue weighted by Gasteiger charge is -2.06. The van der Waals surface area contributed by atoms with Crippen LogP contribution >= 0.6 is 0 Å². The molecule has 0 aliphatic carbocycles. The van der Waals surface area contributed by atoms with Gasteiger partial charge < -0.3 is 15.0 Å². The Labute approximate surface area is 139 Å². The Morgan fingerprint density at radius 2 is 2.12 bits per heavy atom. The molecule has 0 aliphatic rings. The number of amides is 1. The van der Waals surface area contributed by atoms with E-state index in [4.69, 9.17) is 4.74 Å². The Bertz CT molecular complexity index is 856. The third kappa shape index (κ3) is 3.60. The maximum Gasteiger partial charge on any atom is 0.243 e. The highest BCUT2D eigenvalue weighted by atomic mass is 16.5. The number of carbonyl (C=O) groups is 1. The molecule has 0 bridgehead atoms. The molecule has 2 heterocycles. The standard InChI is InChI=1S/C18H18N4O2/c1-2-19-15(23)10-6-7-13-11-20-17-16(13)18(22-12-21-17)24-14-8-4-3-5-9-14/h3-6,8-12H,2,7H2,1H3,(H,19,23)(H,20,21,22)/b10-6+. The molecule has 0 saturated carbocycles. The van der Waals surface area contributed by atoms with Crippen LogP contribution in [0, 0.1) is 0 Å². The summed E-state index contributed by atoms with van der Waals surface area (Å²) < 4.78 is 5.88. The molecule has 6 heteroatoms. The summed E-state index contributed by atoms with van der Waals surface area (Å²) in [5.41, 5.74) is 1.68. The van der Waals surface area contributed by atoms with Crippen molar-refractivity contribution in [2.45, 2.75) is 13.3 Å². The molecule has 2 aromatic heterocycles. The van der Waals surface area contributed by atoms with E-state index in [9.17, 15) is 4.79 Å². The number of H-pyrrole nitrogens is 1. The van der Waals surface area contributed by atoms with Crippen molar-refractivity contribution in [3.63, 3.8) is 0 Å². The highest BCUT2D eigenvalue weighted by Crippen LogP contribution is 2.29. The Kier molecular flexibility index (Phi) is 4.86. The normalized spacial score (nSPS) is 11.0. The van der Waals surface area contributed by atoms with Crippen LogP contribution in [-0.4, -0.2) is 27.4 Å². The molecule has 0 saturated heterocycles. The minimum Gasteiger partial charge on any atom is -0.438 e. The maximum atomic E-state index is 11.5. The zero-order chi connectivity index (χ0) is 16.8. The molecular weight excluding hydrogens is 304 g/mol. The molecule has 24 heavy (non-hydrogen) atoms. The van der Waals surface area contributed by atoms with Crippen LogP contribution in [0.4, 0.5) is 0 Å². The van der Waals surface area contributed by atoms with Gasteiger partial charge in [0.25, 0.3) is 0 Å². The minimum atomic E-state index is -0.102. The van der Waals surface area contributed by atoms with E-state index in [2.05, 4.69) is 20.3 Å². The first-order valence-electron chi connectivity index (χ1n) is 7.76. The van der Waals surface area contributed by atoms with Gasteiger partial charge in [-0.25, -0.2) is 9.97 Å². The molecule has 6 nitrogen and oxygen atoms in total. The molecule has 3 aromatic rings. The highest BCUT2D eigenvalue weighted by molar-refractivity contribution is 5.88. The summed E-state index contributed by atoms with van der Waals surface area (Å²) in [4.78, 5) is 23.1. The summed E-state index contributed by atoms with van der Waals surface area (Å²) in [6.45, 7) is 2.50. The molecule has 2 N–H and O–H groups in total. The van der Waals surface area contributed by atoms with Crippen LogP contribution in [-0.2, 0) is 11.2 Å². The molecule has 3 rings (SSSR count). The molecule has 0 spiro atoms. The van der Waals surface area contributed by atoms with Gasteiger partial charge in [0.2, 0.25) is 11.8 Å². The number of hydrogen-bond donors (Lipinski definition) is 2. The van der Waals surface area contributed by atoms with Gasteiger partial charge in [-0.2, -0.15) is 0 Å². The maximum absolute atomic E-state index is 11.5. The monoisotopic (exact) mass is 322 g/mol.